The number of hydrogen-bond donors (Lipinski definition) is 2. The highest BCUT2D eigenvalue weighted by atomic mass is 32.1. The lowest BCUT2D eigenvalue weighted by Crippen LogP contribution is -2.25. The van der Waals surface area contributed by atoms with Gasteiger partial charge in [0.25, 0.3) is 0 Å². The smallest absolute Gasteiger partial charge is 0.109 e. The standard InChI is InChI=1S/C11H20N2OS/c1-8(2)10(14)4-5-12-9(3)11-13-6-7-15-11/h6-10,12,14H,4-5H2,1-3H3. The van der Waals surface area contributed by atoms with Crippen molar-refractivity contribution in [3.05, 3.63) is 16.6 Å². The summed E-state index contributed by atoms with van der Waals surface area (Å²) in [6, 6.07) is 0.282. The lowest BCUT2D eigenvalue weighted by atomic mass is 10.0. The fraction of sp³-hybridized carbons (Fsp3) is 0.727. The van der Waals surface area contributed by atoms with Crippen LogP contribution in [0, 0.1) is 5.92 Å². The molecule has 1 rings (SSSR count). The van der Waals surface area contributed by atoms with E-state index in [-0.39, 0.29) is 12.1 Å². The zero-order valence-electron chi connectivity index (χ0n) is 9.60. The Balaban J connectivity index is 2.21. The monoisotopic (exact) mass is 228 g/mol. The third-order valence-corrected chi connectivity index (χ3v) is 3.44. The van der Waals surface area contributed by atoms with Crippen molar-refractivity contribution < 1.29 is 5.11 Å². The number of aromatic nitrogens is 1. The number of aliphatic hydroxyl groups excluding tert-OH is 1. The minimum Gasteiger partial charge on any atom is -0.393 e. The molecule has 0 amide bonds. The summed E-state index contributed by atoms with van der Waals surface area (Å²) in [4.78, 5) is 4.24. The highest BCUT2D eigenvalue weighted by Gasteiger charge is 2.11. The van der Waals surface area contributed by atoms with Gasteiger partial charge in [0.1, 0.15) is 5.01 Å². The van der Waals surface area contributed by atoms with Gasteiger partial charge in [-0.25, -0.2) is 4.98 Å². The molecule has 0 aliphatic carbocycles. The third kappa shape index (κ3) is 4.28. The van der Waals surface area contributed by atoms with Gasteiger partial charge in [-0.1, -0.05) is 13.8 Å². The first-order valence-electron chi connectivity index (χ1n) is 5.42. The average Bonchev–Trinajstić information content (AvgIpc) is 2.70. The van der Waals surface area contributed by atoms with Crippen LogP contribution in [-0.4, -0.2) is 22.7 Å². The molecule has 3 nitrogen and oxygen atoms in total. The quantitative estimate of drug-likeness (QED) is 0.784. The maximum absolute atomic E-state index is 9.62. The number of hydrogen-bond acceptors (Lipinski definition) is 4. The number of aliphatic hydroxyl groups is 1. The van der Waals surface area contributed by atoms with E-state index in [0.717, 1.165) is 18.0 Å². The molecule has 0 aliphatic heterocycles. The zero-order chi connectivity index (χ0) is 11.3. The predicted molar refractivity (Wildman–Crippen MR) is 64.0 cm³/mol. The normalized spacial score (nSPS) is 15.5. The lowest BCUT2D eigenvalue weighted by Gasteiger charge is -2.16. The summed E-state index contributed by atoms with van der Waals surface area (Å²) < 4.78 is 0. The van der Waals surface area contributed by atoms with Gasteiger partial charge in [-0.2, -0.15) is 0 Å². The molecule has 0 aliphatic rings. The minimum absolute atomic E-state index is 0.207. The van der Waals surface area contributed by atoms with Gasteiger partial charge in [-0.15, -0.1) is 11.3 Å². The Morgan fingerprint density at radius 1 is 1.47 bits per heavy atom. The van der Waals surface area contributed by atoms with E-state index < -0.39 is 0 Å². The summed E-state index contributed by atoms with van der Waals surface area (Å²) in [6.45, 7) is 7.00. The largest absolute Gasteiger partial charge is 0.393 e. The minimum atomic E-state index is -0.207. The maximum Gasteiger partial charge on any atom is 0.109 e. The molecule has 86 valence electrons. The molecule has 0 aromatic carbocycles. The van der Waals surface area contributed by atoms with Crippen LogP contribution in [0.3, 0.4) is 0 Å². The Kier molecular flexibility index (Phi) is 5.22. The molecule has 2 N–H and O–H groups in total. The maximum atomic E-state index is 9.62. The molecule has 1 heterocycles. The summed E-state index contributed by atoms with van der Waals surface area (Å²) in [7, 11) is 0. The van der Waals surface area contributed by atoms with Gasteiger partial charge in [0.15, 0.2) is 0 Å². The van der Waals surface area contributed by atoms with E-state index >= 15 is 0 Å². The van der Waals surface area contributed by atoms with Gasteiger partial charge in [-0.05, 0) is 25.8 Å². The molecule has 2 atom stereocenters. The van der Waals surface area contributed by atoms with Gasteiger partial charge >= 0.3 is 0 Å². The number of rotatable bonds is 6. The molecule has 1 aromatic heterocycles. The Hall–Kier alpha value is -0.450. The topological polar surface area (TPSA) is 45.1 Å². The molecule has 0 bridgehead atoms. The number of nitrogens with zero attached hydrogens (tertiary/aromatic N) is 1. The van der Waals surface area contributed by atoms with Crippen molar-refractivity contribution in [1.29, 1.82) is 0 Å². The predicted octanol–water partition coefficient (Wildman–Crippen LogP) is 2.20. The van der Waals surface area contributed by atoms with Crippen molar-refractivity contribution in [1.82, 2.24) is 10.3 Å². The van der Waals surface area contributed by atoms with Crippen LogP contribution in [0.15, 0.2) is 11.6 Å². The van der Waals surface area contributed by atoms with E-state index in [0.29, 0.717) is 5.92 Å². The molecule has 2 unspecified atom stereocenters. The van der Waals surface area contributed by atoms with Gasteiger partial charge in [0, 0.05) is 11.6 Å². The van der Waals surface area contributed by atoms with E-state index in [9.17, 15) is 5.11 Å². The Morgan fingerprint density at radius 3 is 2.73 bits per heavy atom. The average molecular weight is 228 g/mol. The van der Waals surface area contributed by atoms with Crippen molar-refractivity contribution >= 4 is 11.3 Å². The van der Waals surface area contributed by atoms with Gasteiger partial charge in [0.05, 0.1) is 12.1 Å². The fourth-order valence-electron chi connectivity index (χ4n) is 1.32. The van der Waals surface area contributed by atoms with Crippen LogP contribution in [-0.2, 0) is 0 Å². The zero-order valence-corrected chi connectivity index (χ0v) is 10.4. The summed E-state index contributed by atoms with van der Waals surface area (Å²) in [5, 5.41) is 16.1. The molecule has 0 saturated carbocycles. The first kappa shape index (κ1) is 12.6. The Bertz CT molecular complexity index is 262. The summed E-state index contributed by atoms with van der Waals surface area (Å²) >= 11 is 1.66. The van der Waals surface area contributed by atoms with Gasteiger partial charge in [0.2, 0.25) is 0 Å². The number of thiazole rings is 1. The van der Waals surface area contributed by atoms with E-state index in [1.807, 2.05) is 25.4 Å². The Morgan fingerprint density at radius 2 is 2.20 bits per heavy atom. The first-order valence-corrected chi connectivity index (χ1v) is 6.30. The summed E-state index contributed by atoms with van der Waals surface area (Å²) in [5.41, 5.74) is 0. The van der Waals surface area contributed by atoms with Crippen LogP contribution in [0.5, 0.6) is 0 Å². The van der Waals surface area contributed by atoms with Crippen LogP contribution in [0.4, 0.5) is 0 Å². The van der Waals surface area contributed by atoms with Gasteiger partial charge in [-0.3, -0.25) is 0 Å². The molecular weight excluding hydrogens is 208 g/mol. The molecule has 4 heteroatoms. The second-order valence-electron chi connectivity index (χ2n) is 4.15. The fourth-order valence-corrected chi connectivity index (χ4v) is 1.99. The van der Waals surface area contributed by atoms with Crippen molar-refractivity contribution in [2.24, 2.45) is 5.92 Å². The van der Waals surface area contributed by atoms with Crippen LogP contribution in [0.1, 0.15) is 38.2 Å². The third-order valence-electron chi connectivity index (χ3n) is 2.48. The molecule has 0 fully saturated rings. The first-order chi connectivity index (χ1) is 7.11. The van der Waals surface area contributed by atoms with Crippen molar-refractivity contribution in [2.45, 2.75) is 39.3 Å². The van der Waals surface area contributed by atoms with Crippen LogP contribution in [0.2, 0.25) is 0 Å². The molecular formula is C11H20N2OS. The molecule has 1 aromatic rings. The molecule has 15 heavy (non-hydrogen) atoms. The van der Waals surface area contributed by atoms with Crippen LogP contribution < -0.4 is 5.32 Å². The van der Waals surface area contributed by atoms with Crippen LogP contribution in [0.25, 0.3) is 0 Å². The molecule has 0 spiro atoms. The van der Waals surface area contributed by atoms with Gasteiger partial charge < -0.3 is 10.4 Å². The molecule has 0 saturated heterocycles. The molecule has 0 radical (unpaired) electrons. The second-order valence-corrected chi connectivity index (χ2v) is 5.07. The second kappa shape index (κ2) is 6.20. The lowest BCUT2D eigenvalue weighted by molar-refractivity contribution is 0.115. The van der Waals surface area contributed by atoms with Crippen molar-refractivity contribution in [3.63, 3.8) is 0 Å². The van der Waals surface area contributed by atoms with E-state index in [4.69, 9.17) is 0 Å². The van der Waals surface area contributed by atoms with Crippen LogP contribution >= 0.6 is 11.3 Å². The SMILES string of the molecule is CC(NCCC(O)C(C)C)c1nccs1. The van der Waals surface area contributed by atoms with E-state index in [2.05, 4.69) is 17.2 Å². The van der Waals surface area contributed by atoms with E-state index in [1.54, 1.807) is 11.3 Å². The highest BCUT2D eigenvalue weighted by Crippen LogP contribution is 2.14. The van der Waals surface area contributed by atoms with E-state index in [1.165, 1.54) is 0 Å². The summed E-state index contributed by atoms with van der Waals surface area (Å²) in [5.74, 6) is 0.335. The van der Waals surface area contributed by atoms with Crippen molar-refractivity contribution in [3.8, 4) is 0 Å². The van der Waals surface area contributed by atoms with Crippen molar-refractivity contribution in [2.75, 3.05) is 6.54 Å². The number of nitrogens with one attached hydrogen (secondary N) is 1. The summed E-state index contributed by atoms with van der Waals surface area (Å²) in [6.07, 6.45) is 2.41. The Labute approximate surface area is 95.6 Å². The highest BCUT2D eigenvalue weighted by molar-refractivity contribution is 7.09.